The van der Waals surface area contributed by atoms with E-state index in [4.69, 9.17) is 0 Å². The Kier molecular flexibility index (Phi) is 9.21. The van der Waals surface area contributed by atoms with Crippen LogP contribution in [0.15, 0.2) is 36.4 Å². The van der Waals surface area contributed by atoms with E-state index in [1.165, 1.54) is 94.8 Å². The lowest BCUT2D eigenvalue weighted by Gasteiger charge is -2.08. The SMILES string of the molecule is CCCCCCc1cc(C)sc1-c1cccc(-c2sc(C)cc2CCCCCC)c1. The fraction of sp³-hybridized carbons (Fsp3) is 0.500. The lowest BCUT2D eigenvalue weighted by atomic mass is 9.99. The fourth-order valence-corrected chi connectivity index (χ4v) is 6.40. The molecule has 0 spiro atoms. The molecule has 2 aromatic heterocycles. The standard InChI is InChI=1S/C28H38S2/c1-5-7-9-11-14-23-18-21(3)29-27(23)25-16-13-17-26(20-25)28-24(19-22(4)30-28)15-12-10-8-6-2/h13,16-20H,5-12,14-15H2,1-4H3. The van der Waals surface area contributed by atoms with Crippen molar-refractivity contribution in [2.75, 3.05) is 0 Å². The van der Waals surface area contributed by atoms with Crippen LogP contribution in [0.3, 0.4) is 0 Å². The summed E-state index contributed by atoms with van der Waals surface area (Å²) in [5.41, 5.74) is 5.90. The average molecular weight is 439 g/mol. The normalized spacial score (nSPS) is 11.3. The Morgan fingerprint density at radius 3 is 1.50 bits per heavy atom. The quantitative estimate of drug-likeness (QED) is 0.247. The highest BCUT2D eigenvalue weighted by molar-refractivity contribution is 7.16. The van der Waals surface area contributed by atoms with Gasteiger partial charge in [-0.3, -0.25) is 0 Å². The van der Waals surface area contributed by atoms with Gasteiger partial charge in [-0.1, -0.05) is 70.6 Å². The second-order valence-electron chi connectivity index (χ2n) is 8.62. The molecule has 0 saturated carbocycles. The van der Waals surface area contributed by atoms with Crippen molar-refractivity contribution in [2.24, 2.45) is 0 Å². The van der Waals surface area contributed by atoms with Gasteiger partial charge in [0.2, 0.25) is 0 Å². The van der Waals surface area contributed by atoms with E-state index < -0.39 is 0 Å². The van der Waals surface area contributed by atoms with Gasteiger partial charge in [0.15, 0.2) is 0 Å². The van der Waals surface area contributed by atoms with Gasteiger partial charge in [0.25, 0.3) is 0 Å². The second-order valence-corrected chi connectivity index (χ2v) is 11.1. The van der Waals surface area contributed by atoms with E-state index in [1.807, 2.05) is 22.7 Å². The Hall–Kier alpha value is -1.38. The molecule has 0 nitrogen and oxygen atoms in total. The number of aryl methyl sites for hydroxylation is 4. The second kappa shape index (κ2) is 11.9. The van der Waals surface area contributed by atoms with Crippen LogP contribution in [-0.4, -0.2) is 0 Å². The first-order valence-electron chi connectivity index (χ1n) is 11.9. The van der Waals surface area contributed by atoms with Gasteiger partial charge in [-0.2, -0.15) is 0 Å². The molecular formula is C28H38S2. The molecular weight excluding hydrogens is 400 g/mol. The van der Waals surface area contributed by atoms with Gasteiger partial charge in [0.05, 0.1) is 0 Å². The van der Waals surface area contributed by atoms with Gasteiger partial charge in [-0.05, 0) is 80.0 Å². The van der Waals surface area contributed by atoms with Crippen molar-refractivity contribution in [3.63, 3.8) is 0 Å². The molecule has 0 unspecified atom stereocenters. The first kappa shape index (κ1) is 23.3. The lowest BCUT2D eigenvalue weighted by Crippen LogP contribution is -1.88. The van der Waals surface area contributed by atoms with E-state index in [-0.39, 0.29) is 0 Å². The number of thiophene rings is 2. The van der Waals surface area contributed by atoms with Crippen LogP contribution in [0.5, 0.6) is 0 Å². The molecule has 0 radical (unpaired) electrons. The van der Waals surface area contributed by atoms with E-state index in [1.54, 1.807) is 11.1 Å². The maximum absolute atomic E-state index is 2.45. The Labute approximate surface area is 192 Å². The molecule has 2 heterocycles. The minimum atomic E-state index is 1.21. The predicted molar refractivity (Wildman–Crippen MR) is 138 cm³/mol. The lowest BCUT2D eigenvalue weighted by molar-refractivity contribution is 0.668. The Balaban J connectivity index is 1.82. The van der Waals surface area contributed by atoms with Gasteiger partial charge >= 0.3 is 0 Å². The minimum absolute atomic E-state index is 1.21. The van der Waals surface area contributed by atoms with Crippen molar-refractivity contribution < 1.29 is 0 Å². The summed E-state index contributed by atoms with van der Waals surface area (Å²) in [6, 6.07) is 14.2. The molecule has 30 heavy (non-hydrogen) atoms. The summed E-state index contributed by atoms with van der Waals surface area (Å²) in [5, 5.41) is 0. The van der Waals surface area contributed by atoms with Crippen molar-refractivity contribution in [1.29, 1.82) is 0 Å². The molecule has 0 aliphatic carbocycles. The van der Waals surface area contributed by atoms with Crippen molar-refractivity contribution in [3.05, 3.63) is 57.3 Å². The summed E-state index contributed by atoms with van der Waals surface area (Å²) in [4.78, 5) is 5.85. The van der Waals surface area contributed by atoms with Crippen molar-refractivity contribution in [1.82, 2.24) is 0 Å². The smallest absolute Gasteiger partial charge is 0.0377 e. The molecule has 3 aromatic rings. The topological polar surface area (TPSA) is 0 Å². The van der Waals surface area contributed by atoms with Crippen LogP contribution >= 0.6 is 22.7 Å². The zero-order valence-electron chi connectivity index (χ0n) is 19.4. The summed E-state index contributed by atoms with van der Waals surface area (Å²) >= 11 is 3.93. The zero-order valence-corrected chi connectivity index (χ0v) is 21.0. The monoisotopic (exact) mass is 438 g/mol. The van der Waals surface area contributed by atoms with Crippen LogP contribution in [0.2, 0.25) is 0 Å². The van der Waals surface area contributed by atoms with Gasteiger partial charge < -0.3 is 0 Å². The van der Waals surface area contributed by atoms with Crippen LogP contribution < -0.4 is 0 Å². The highest BCUT2D eigenvalue weighted by Crippen LogP contribution is 2.39. The molecule has 3 rings (SSSR count). The van der Waals surface area contributed by atoms with Crippen molar-refractivity contribution in [3.8, 4) is 20.9 Å². The number of rotatable bonds is 12. The number of hydrogen-bond donors (Lipinski definition) is 0. The van der Waals surface area contributed by atoms with Crippen molar-refractivity contribution >= 4 is 22.7 Å². The highest BCUT2D eigenvalue weighted by atomic mass is 32.1. The highest BCUT2D eigenvalue weighted by Gasteiger charge is 2.13. The van der Waals surface area contributed by atoms with Crippen LogP contribution in [0.25, 0.3) is 20.9 Å². The number of hydrogen-bond acceptors (Lipinski definition) is 2. The molecule has 0 aliphatic rings. The van der Waals surface area contributed by atoms with E-state index in [0.717, 1.165) is 0 Å². The molecule has 2 heteroatoms. The summed E-state index contributed by atoms with van der Waals surface area (Å²) in [6.07, 6.45) is 13.1. The Morgan fingerprint density at radius 2 is 1.07 bits per heavy atom. The summed E-state index contributed by atoms with van der Waals surface area (Å²) in [5.74, 6) is 0. The fourth-order valence-electron chi connectivity index (χ4n) is 4.28. The van der Waals surface area contributed by atoms with Gasteiger partial charge in [-0.25, -0.2) is 0 Å². The molecule has 1 aromatic carbocycles. The summed E-state index contributed by atoms with van der Waals surface area (Å²) in [6.45, 7) is 9.08. The molecule has 0 bridgehead atoms. The van der Waals surface area contributed by atoms with Crippen LogP contribution in [-0.2, 0) is 12.8 Å². The number of unbranched alkanes of at least 4 members (excludes halogenated alkanes) is 6. The van der Waals surface area contributed by atoms with E-state index in [2.05, 4.69) is 64.1 Å². The largest absolute Gasteiger partial charge is 0.140 e. The molecule has 0 fully saturated rings. The predicted octanol–water partition coefficient (Wildman–Crippen LogP) is 10.0. The van der Waals surface area contributed by atoms with Crippen molar-refractivity contribution in [2.45, 2.75) is 91.9 Å². The first-order valence-corrected chi connectivity index (χ1v) is 13.5. The molecule has 162 valence electrons. The molecule has 0 saturated heterocycles. The van der Waals surface area contributed by atoms with E-state index >= 15 is 0 Å². The Morgan fingerprint density at radius 1 is 0.600 bits per heavy atom. The van der Waals surface area contributed by atoms with E-state index in [9.17, 15) is 0 Å². The summed E-state index contributed by atoms with van der Waals surface area (Å²) in [7, 11) is 0. The van der Waals surface area contributed by atoms with Gasteiger partial charge in [0.1, 0.15) is 0 Å². The average Bonchev–Trinajstić information content (AvgIpc) is 3.31. The van der Waals surface area contributed by atoms with Gasteiger partial charge in [0, 0.05) is 19.5 Å². The molecule has 0 amide bonds. The molecule has 0 atom stereocenters. The van der Waals surface area contributed by atoms with Crippen LogP contribution in [0, 0.1) is 13.8 Å². The summed E-state index contributed by atoms with van der Waals surface area (Å²) < 4.78 is 0. The maximum Gasteiger partial charge on any atom is 0.0377 e. The maximum atomic E-state index is 2.45. The van der Waals surface area contributed by atoms with E-state index in [0.29, 0.717) is 0 Å². The molecule has 0 N–H and O–H groups in total. The minimum Gasteiger partial charge on any atom is -0.140 e. The molecule has 0 aliphatic heterocycles. The Bertz CT molecular complexity index is 841. The third-order valence-electron chi connectivity index (χ3n) is 5.85. The van der Waals surface area contributed by atoms with Gasteiger partial charge in [-0.15, -0.1) is 22.7 Å². The third-order valence-corrected chi connectivity index (χ3v) is 8.13. The zero-order chi connectivity index (χ0) is 21.3. The first-order chi connectivity index (χ1) is 14.6. The third kappa shape index (κ3) is 6.31. The number of benzene rings is 1. The van der Waals surface area contributed by atoms with Crippen LogP contribution in [0.1, 0.15) is 86.1 Å². The van der Waals surface area contributed by atoms with Crippen LogP contribution in [0.4, 0.5) is 0 Å².